The third-order valence-corrected chi connectivity index (χ3v) is 5.19. The van der Waals surface area contributed by atoms with E-state index in [1.54, 1.807) is 0 Å². The monoisotopic (exact) mass is 374 g/mol. The van der Waals surface area contributed by atoms with E-state index in [4.69, 9.17) is 0 Å². The van der Waals surface area contributed by atoms with E-state index in [0.717, 1.165) is 50.3 Å². The molecule has 5 heteroatoms. The van der Waals surface area contributed by atoms with E-state index < -0.39 is 0 Å². The molecule has 1 N–H and O–H groups in total. The number of nitrogens with zero attached hydrogens (tertiary/aromatic N) is 3. The molecular weight excluding hydrogens is 348 g/mol. The predicted molar refractivity (Wildman–Crippen MR) is 110 cm³/mol. The highest BCUT2D eigenvalue weighted by molar-refractivity contribution is 5.92. The zero-order chi connectivity index (χ0) is 19.2. The van der Waals surface area contributed by atoms with Gasteiger partial charge in [0.15, 0.2) is 5.69 Å². The second-order valence-corrected chi connectivity index (χ2v) is 7.28. The summed E-state index contributed by atoms with van der Waals surface area (Å²) in [5, 5.41) is 7.46. The fourth-order valence-electron chi connectivity index (χ4n) is 3.64. The molecule has 0 radical (unpaired) electrons. The third-order valence-electron chi connectivity index (χ3n) is 5.19. The van der Waals surface area contributed by atoms with Crippen LogP contribution in [0.4, 0.5) is 0 Å². The minimum absolute atomic E-state index is 0.110. The summed E-state index contributed by atoms with van der Waals surface area (Å²) in [5.74, 6) is -0.110. The molecule has 0 saturated heterocycles. The van der Waals surface area contributed by atoms with Crippen molar-refractivity contribution < 1.29 is 4.79 Å². The Morgan fingerprint density at radius 1 is 0.964 bits per heavy atom. The molecule has 1 aromatic heterocycles. The predicted octanol–water partition coefficient (Wildman–Crippen LogP) is 3.26. The van der Waals surface area contributed by atoms with E-state index in [-0.39, 0.29) is 5.91 Å². The van der Waals surface area contributed by atoms with Gasteiger partial charge in [-0.15, -0.1) is 0 Å². The van der Waals surface area contributed by atoms with Crippen LogP contribution >= 0.6 is 0 Å². The fraction of sp³-hybridized carbons (Fsp3) is 0.304. The van der Waals surface area contributed by atoms with E-state index in [2.05, 4.69) is 45.6 Å². The average molecular weight is 374 g/mol. The molecular formula is C23H26N4O. The number of hydrogen-bond acceptors (Lipinski definition) is 3. The van der Waals surface area contributed by atoms with Gasteiger partial charge < -0.3 is 5.32 Å². The molecule has 5 nitrogen and oxygen atoms in total. The standard InChI is InChI=1S/C23H26N4O/c28-23(24-17-20-10-5-2-6-11-20)22-16-21-18-26(14-15-27(21)25-22)13-7-12-19-8-3-1-4-9-19/h1-6,8-11,16H,7,12-15,17-18H2,(H,24,28). The van der Waals surface area contributed by atoms with Gasteiger partial charge in [0.2, 0.25) is 0 Å². The molecule has 0 saturated carbocycles. The molecule has 4 rings (SSSR count). The van der Waals surface area contributed by atoms with Gasteiger partial charge in [0.1, 0.15) is 0 Å². The van der Waals surface area contributed by atoms with Crippen molar-refractivity contribution >= 4 is 5.91 Å². The van der Waals surface area contributed by atoms with Crippen LogP contribution in [0.15, 0.2) is 66.7 Å². The van der Waals surface area contributed by atoms with Crippen LogP contribution < -0.4 is 5.32 Å². The van der Waals surface area contributed by atoms with Crippen molar-refractivity contribution in [1.29, 1.82) is 0 Å². The molecule has 1 amide bonds. The Morgan fingerprint density at radius 2 is 1.68 bits per heavy atom. The number of nitrogens with one attached hydrogen (secondary N) is 1. The number of fused-ring (bicyclic) bond motifs is 1. The normalized spacial score (nSPS) is 13.9. The van der Waals surface area contributed by atoms with Crippen molar-refractivity contribution in [2.75, 3.05) is 13.1 Å². The van der Waals surface area contributed by atoms with E-state index in [9.17, 15) is 4.79 Å². The van der Waals surface area contributed by atoms with Gasteiger partial charge in [-0.2, -0.15) is 5.10 Å². The van der Waals surface area contributed by atoms with Crippen LogP contribution in [0.1, 0.15) is 33.7 Å². The molecule has 0 fully saturated rings. The Kier molecular flexibility index (Phi) is 5.83. The summed E-state index contributed by atoms with van der Waals surface area (Å²) in [6.45, 7) is 4.26. The van der Waals surface area contributed by atoms with Gasteiger partial charge in [-0.25, -0.2) is 0 Å². The highest BCUT2D eigenvalue weighted by atomic mass is 16.1. The van der Waals surface area contributed by atoms with E-state index in [1.807, 2.05) is 41.1 Å². The summed E-state index contributed by atoms with van der Waals surface area (Å²) in [6.07, 6.45) is 2.24. The van der Waals surface area contributed by atoms with Crippen LogP contribution in [0.3, 0.4) is 0 Å². The van der Waals surface area contributed by atoms with Gasteiger partial charge in [-0.05, 0) is 36.6 Å². The molecule has 144 valence electrons. The van der Waals surface area contributed by atoms with Crippen LogP contribution in [0.5, 0.6) is 0 Å². The van der Waals surface area contributed by atoms with E-state index in [0.29, 0.717) is 12.2 Å². The highest BCUT2D eigenvalue weighted by Crippen LogP contribution is 2.15. The first-order valence-electron chi connectivity index (χ1n) is 9.93. The maximum atomic E-state index is 12.4. The molecule has 3 aromatic rings. The van der Waals surface area contributed by atoms with Crippen molar-refractivity contribution in [1.82, 2.24) is 20.0 Å². The largest absolute Gasteiger partial charge is 0.347 e. The molecule has 0 atom stereocenters. The Balaban J connectivity index is 1.28. The quantitative estimate of drug-likeness (QED) is 0.691. The number of amides is 1. The molecule has 2 heterocycles. The molecule has 1 aliphatic rings. The molecule has 0 bridgehead atoms. The summed E-state index contributed by atoms with van der Waals surface area (Å²) in [7, 11) is 0. The Morgan fingerprint density at radius 3 is 2.43 bits per heavy atom. The van der Waals surface area contributed by atoms with Crippen molar-refractivity contribution in [3.63, 3.8) is 0 Å². The minimum Gasteiger partial charge on any atom is -0.347 e. The zero-order valence-corrected chi connectivity index (χ0v) is 16.1. The number of aryl methyl sites for hydroxylation is 1. The van der Waals surface area contributed by atoms with E-state index in [1.165, 1.54) is 5.56 Å². The number of aromatic nitrogens is 2. The van der Waals surface area contributed by atoms with Crippen LogP contribution in [0, 0.1) is 0 Å². The SMILES string of the molecule is O=C(NCc1ccccc1)c1cc2n(n1)CCN(CCCc1ccccc1)C2. The number of hydrogen-bond donors (Lipinski definition) is 1. The first-order valence-corrected chi connectivity index (χ1v) is 9.93. The Labute approximate surface area is 166 Å². The number of rotatable bonds is 7. The molecule has 28 heavy (non-hydrogen) atoms. The minimum atomic E-state index is -0.110. The second-order valence-electron chi connectivity index (χ2n) is 7.28. The lowest BCUT2D eigenvalue weighted by molar-refractivity contribution is 0.0945. The smallest absolute Gasteiger partial charge is 0.272 e. The maximum absolute atomic E-state index is 12.4. The highest BCUT2D eigenvalue weighted by Gasteiger charge is 2.20. The summed E-state index contributed by atoms with van der Waals surface area (Å²) in [4.78, 5) is 14.9. The summed E-state index contributed by atoms with van der Waals surface area (Å²) >= 11 is 0. The van der Waals surface area contributed by atoms with Crippen molar-refractivity contribution in [3.05, 3.63) is 89.2 Å². The average Bonchev–Trinajstić information content (AvgIpc) is 3.17. The first kappa shape index (κ1) is 18.4. The van der Waals surface area contributed by atoms with Crippen molar-refractivity contribution in [3.8, 4) is 0 Å². The molecule has 1 aliphatic heterocycles. The van der Waals surface area contributed by atoms with Crippen LogP contribution in [0.25, 0.3) is 0 Å². The Hall–Kier alpha value is -2.92. The first-order chi connectivity index (χ1) is 13.8. The van der Waals surface area contributed by atoms with Gasteiger partial charge >= 0.3 is 0 Å². The topological polar surface area (TPSA) is 50.2 Å². The lowest BCUT2D eigenvalue weighted by atomic mass is 10.1. The van der Waals surface area contributed by atoms with Gasteiger partial charge in [-0.1, -0.05) is 60.7 Å². The number of carbonyl (C=O) groups excluding carboxylic acids is 1. The zero-order valence-electron chi connectivity index (χ0n) is 16.1. The lowest BCUT2D eigenvalue weighted by Crippen LogP contribution is -2.34. The Bertz CT molecular complexity index is 905. The van der Waals surface area contributed by atoms with Gasteiger partial charge in [0, 0.05) is 19.6 Å². The second kappa shape index (κ2) is 8.85. The molecule has 0 spiro atoms. The summed E-state index contributed by atoms with van der Waals surface area (Å²) < 4.78 is 1.98. The van der Waals surface area contributed by atoms with Crippen LogP contribution in [0.2, 0.25) is 0 Å². The van der Waals surface area contributed by atoms with Crippen molar-refractivity contribution in [2.24, 2.45) is 0 Å². The third kappa shape index (κ3) is 4.67. The molecule has 0 unspecified atom stereocenters. The van der Waals surface area contributed by atoms with Crippen molar-refractivity contribution in [2.45, 2.75) is 32.5 Å². The number of benzene rings is 2. The molecule has 2 aromatic carbocycles. The van der Waals surface area contributed by atoms with Gasteiger partial charge in [-0.3, -0.25) is 14.4 Å². The van der Waals surface area contributed by atoms with Crippen LogP contribution in [-0.2, 0) is 26.1 Å². The van der Waals surface area contributed by atoms with Gasteiger partial charge in [0.25, 0.3) is 5.91 Å². The van der Waals surface area contributed by atoms with E-state index >= 15 is 0 Å². The lowest BCUT2D eigenvalue weighted by Gasteiger charge is -2.27. The summed E-state index contributed by atoms with van der Waals surface area (Å²) in [5.41, 5.74) is 4.11. The maximum Gasteiger partial charge on any atom is 0.272 e. The van der Waals surface area contributed by atoms with Gasteiger partial charge in [0.05, 0.1) is 12.2 Å². The van der Waals surface area contributed by atoms with Crippen LogP contribution in [-0.4, -0.2) is 33.7 Å². The summed E-state index contributed by atoms with van der Waals surface area (Å²) in [6, 6.07) is 22.5. The number of carbonyl (C=O) groups is 1. The fourth-order valence-corrected chi connectivity index (χ4v) is 3.64. The molecule has 0 aliphatic carbocycles.